The molecule has 1 N–H and O–H groups in total. The van der Waals surface area contributed by atoms with E-state index in [0.29, 0.717) is 5.25 Å². The summed E-state index contributed by atoms with van der Waals surface area (Å²) in [7, 11) is 1.64. The van der Waals surface area contributed by atoms with Crippen LogP contribution in [0.2, 0.25) is 0 Å². The van der Waals surface area contributed by atoms with Gasteiger partial charge in [-0.15, -0.1) is 11.7 Å². The fourth-order valence-electron chi connectivity index (χ4n) is 2.71. The number of fused-ring (bicyclic) bond motifs is 1. The van der Waals surface area contributed by atoms with Crippen molar-refractivity contribution in [3.05, 3.63) is 28.8 Å². The van der Waals surface area contributed by atoms with Gasteiger partial charge in [0.25, 0.3) is 0 Å². The molecule has 0 amide bonds. The minimum atomic E-state index is -0.0364. The van der Waals surface area contributed by atoms with Crippen LogP contribution < -0.4 is 5.69 Å². The zero-order valence-electron chi connectivity index (χ0n) is 9.87. The van der Waals surface area contributed by atoms with Gasteiger partial charge in [0.1, 0.15) is 0 Å². The fraction of sp³-hybridized carbons (Fsp3) is 0.500. The number of aromatic nitrogens is 3. The maximum Gasteiger partial charge on any atom is 0.327 e. The van der Waals surface area contributed by atoms with Crippen LogP contribution in [0.3, 0.4) is 0 Å². The van der Waals surface area contributed by atoms with Gasteiger partial charge in [0.15, 0.2) is 5.65 Å². The number of aromatic amines is 1. The van der Waals surface area contributed by atoms with Crippen LogP contribution >= 0.6 is 22.5 Å². The lowest BCUT2D eigenvalue weighted by Gasteiger charge is -2.27. The van der Waals surface area contributed by atoms with Crippen molar-refractivity contribution in [1.82, 2.24) is 14.5 Å². The van der Waals surface area contributed by atoms with Crippen molar-refractivity contribution in [2.75, 3.05) is 0 Å². The lowest BCUT2D eigenvalue weighted by molar-refractivity contribution is 0.359. The highest BCUT2D eigenvalue weighted by Gasteiger charge is 2.24. The molecule has 0 unspecified atom stereocenters. The quantitative estimate of drug-likeness (QED) is 0.657. The standard InChI is InChI=1S/C12H15N3OS2/c16-12-14-10-2-1-7-13-11(10)15(12)8-3-5-9(18-17)6-4-8/h1-2,7-9,17H,3-6H2,(H,14,16). The Labute approximate surface area is 114 Å². The number of rotatable bonds is 2. The third kappa shape index (κ3) is 2.07. The largest absolute Gasteiger partial charge is 0.327 e. The van der Waals surface area contributed by atoms with Gasteiger partial charge in [-0.05, 0) is 37.8 Å². The number of thiol groups is 1. The number of H-pyrrole nitrogens is 1. The molecule has 2 aromatic heterocycles. The van der Waals surface area contributed by atoms with Crippen molar-refractivity contribution in [2.24, 2.45) is 0 Å². The first-order chi connectivity index (χ1) is 8.79. The Bertz CT molecular complexity index is 599. The summed E-state index contributed by atoms with van der Waals surface area (Å²) in [6.07, 6.45) is 6.03. The first kappa shape index (κ1) is 12.2. The van der Waals surface area contributed by atoms with Crippen LogP contribution in [0.4, 0.5) is 0 Å². The van der Waals surface area contributed by atoms with E-state index in [2.05, 4.69) is 21.6 Å². The van der Waals surface area contributed by atoms with E-state index in [1.165, 1.54) is 0 Å². The molecule has 0 bridgehead atoms. The Kier molecular flexibility index (Phi) is 3.39. The lowest BCUT2D eigenvalue weighted by atomic mass is 9.95. The van der Waals surface area contributed by atoms with E-state index in [1.807, 2.05) is 16.7 Å². The molecule has 1 fully saturated rings. The second-order valence-corrected chi connectivity index (χ2v) is 6.22. The zero-order valence-corrected chi connectivity index (χ0v) is 11.6. The van der Waals surface area contributed by atoms with Crippen LogP contribution in [0.25, 0.3) is 11.2 Å². The molecule has 18 heavy (non-hydrogen) atoms. The van der Waals surface area contributed by atoms with Crippen molar-refractivity contribution in [3.63, 3.8) is 0 Å². The molecule has 2 aromatic rings. The maximum absolute atomic E-state index is 12.0. The third-order valence-electron chi connectivity index (χ3n) is 3.63. The van der Waals surface area contributed by atoms with Crippen LogP contribution in [0.5, 0.6) is 0 Å². The lowest BCUT2D eigenvalue weighted by Crippen LogP contribution is -2.26. The average molecular weight is 281 g/mol. The van der Waals surface area contributed by atoms with Crippen LogP contribution in [0.15, 0.2) is 23.1 Å². The van der Waals surface area contributed by atoms with Crippen molar-refractivity contribution in [2.45, 2.75) is 37.0 Å². The molecular formula is C12H15N3OS2. The van der Waals surface area contributed by atoms with E-state index < -0.39 is 0 Å². The SMILES string of the molecule is O=c1[nH]c2cccnc2n1C1CCC(SS)CC1. The Morgan fingerprint density at radius 3 is 2.89 bits per heavy atom. The molecule has 0 aliphatic heterocycles. The molecule has 1 aliphatic carbocycles. The van der Waals surface area contributed by atoms with Crippen molar-refractivity contribution in [3.8, 4) is 0 Å². The molecule has 0 atom stereocenters. The van der Waals surface area contributed by atoms with E-state index in [4.69, 9.17) is 0 Å². The first-order valence-electron chi connectivity index (χ1n) is 6.15. The highest BCUT2D eigenvalue weighted by molar-refractivity contribution is 8.68. The summed E-state index contributed by atoms with van der Waals surface area (Å²) in [4.78, 5) is 19.2. The molecule has 0 radical (unpaired) electrons. The number of hydrogen-bond acceptors (Lipinski definition) is 4. The van der Waals surface area contributed by atoms with Gasteiger partial charge in [0.05, 0.1) is 5.52 Å². The highest BCUT2D eigenvalue weighted by Crippen LogP contribution is 2.35. The minimum Gasteiger partial charge on any atom is -0.304 e. The summed E-state index contributed by atoms with van der Waals surface area (Å²) in [6.45, 7) is 0. The molecule has 0 aromatic carbocycles. The summed E-state index contributed by atoms with van der Waals surface area (Å²) in [5, 5.41) is 0.624. The van der Waals surface area contributed by atoms with Crippen LogP contribution in [-0.4, -0.2) is 19.8 Å². The van der Waals surface area contributed by atoms with E-state index in [9.17, 15) is 4.79 Å². The summed E-state index contributed by atoms with van der Waals surface area (Å²) >= 11 is 4.28. The Hall–Kier alpha value is -0.880. The first-order valence-corrected chi connectivity index (χ1v) is 8.08. The Balaban J connectivity index is 1.95. The van der Waals surface area contributed by atoms with Gasteiger partial charge in [0, 0.05) is 17.5 Å². The number of nitrogens with zero attached hydrogens (tertiary/aromatic N) is 2. The Morgan fingerprint density at radius 1 is 1.39 bits per heavy atom. The van der Waals surface area contributed by atoms with E-state index >= 15 is 0 Å². The number of hydrogen-bond donors (Lipinski definition) is 2. The van der Waals surface area contributed by atoms with E-state index in [-0.39, 0.29) is 11.7 Å². The Morgan fingerprint density at radius 2 is 2.17 bits per heavy atom. The van der Waals surface area contributed by atoms with Gasteiger partial charge >= 0.3 is 5.69 Å². The zero-order chi connectivity index (χ0) is 12.5. The summed E-state index contributed by atoms with van der Waals surface area (Å²) in [5.74, 6) is 0. The number of imidazole rings is 1. The maximum atomic E-state index is 12.0. The average Bonchev–Trinajstić information content (AvgIpc) is 2.75. The van der Waals surface area contributed by atoms with Gasteiger partial charge in [-0.1, -0.05) is 10.8 Å². The van der Waals surface area contributed by atoms with Gasteiger partial charge in [-0.2, -0.15) is 0 Å². The van der Waals surface area contributed by atoms with Crippen molar-refractivity contribution < 1.29 is 0 Å². The predicted octanol–water partition coefficient (Wildman–Crippen LogP) is 2.79. The molecule has 1 aliphatic rings. The van der Waals surface area contributed by atoms with E-state index in [0.717, 1.165) is 36.8 Å². The van der Waals surface area contributed by atoms with Gasteiger partial charge in [0.2, 0.25) is 0 Å². The fourth-order valence-corrected chi connectivity index (χ4v) is 3.82. The monoisotopic (exact) mass is 281 g/mol. The molecule has 6 heteroatoms. The van der Waals surface area contributed by atoms with Crippen molar-refractivity contribution in [1.29, 1.82) is 0 Å². The number of pyridine rings is 1. The molecule has 1 saturated carbocycles. The van der Waals surface area contributed by atoms with E-state index in [1.54, 1.807) is 17.0 Å². The molecule has 0 spiro atoms. The van der Waals surface area contributed by atoms with Gasteiger partial charge in [-0.25, -0.2) is 9.78 Å². The molecule has 0 saturated heterocycles. The minimum absolute atomic E-state index is 0.0364. The second-order valence-electron chi connectivity index (χ2n) is 4.71. The predicted molar refractivity (Wildman–Crippen MR) is 78.2 cm³/mol. The topological polar surface area (TPSA) is 50.7 Å². The molecule has 4 nitrogen and oxygen atoms in total. The smallest absolute Gasteiger partial charge is 0.304 e. The molecule has 2 heterocycles. The van der Waals surface area contributed by atoms with Crippen LogP contribution in [-0.2, 0) is 0 Å². The molecular weight excluding hydrogens is 266 g/mol. The van der Waals surface area contributed by atoms with Crippen LogP contribution in [0, 0.1) is 0 Å². The second kappa shape index (κ2) is 5.01. The molecule has 3 rings (SSSR count). The van der Waals surface area contributed by atoms with Crippen molar-refractivity contribution >= 4 is 33.6 Å². The third-order valence-corrected chi connectivity index (χ3v) is 5.30. The molecule has 96 valence electrons. The van der Waals surface area contributed by atoms with Gasteiger partial charge < -0.3 is 4.98 Å². The highest BCUT2D eigenvalue weighted by atomic mass is 33.1. The van der Waals surface area contributed by atoms with Crippen LogP contribution in [0.1, 0.15) is 31.7 Å². The normalized spacial score (nSPS) is 24.5. The van der Waals surface area contributed by atoms with Gasteiger partial charge in [-0.3, -0.25) is 4.57 Å². The summed E-state index contributed by atoms with van der Waals surface area (Å²) in [5.41, 5.74) is 1.57. The number of nitrogens with one attached hydrogen (secondary N) is 1. The summed E-state index contributed by atoms with van der Waals surface area (Å²) < 4.78 is 1.83. The summed E-state index contributed by atoms with van der Waals surface area (Å²) in [6, 6.07) is 4.02.